The van der Waals surface area contributed by atoms with E-state index in [1.807, 2.05) is 0 Å². The summed E-state index contributed by atoms with van der Waals surface area (Å²) in [7, 11) is 0. The van der Waals surface area contributed by atoms with Crippen LogP contribution in [-0.2, 0) is 0 Å². The smallest absolute Gasteiger partial charge is 0.124 e. The van der Waals surface area contributed by atoms with Gasteiger partial charge in [-0.15, -0.1) is 0 Å². The number of phenols is 2. The summed E-state index contributed by atoms with van der Waals surface area (Å²) in [6.07, 6.45) is 3.55. The van der Waals surface area contributed by atoms with Crippen molar-refractivity contribution in [2.45, 2.75) is 66.0 Å². The van der Waals surface area contributed by atoms with Gasteiger partial charge in [0.2, 0.25) is 0 Å². The van der Waals surface area contributed by atoms with Crippen LogP contribution in [0.15, 0.2) is 18.2 Å². The Kier molecular flexibility index (Phi) is 4.25. The van der Waals surface area contributed by atoms with E-state index in [0.717, 1.165) is 18.4 Å². The standard InChI is InChI=1S/C18H29NO2/c1-12(15-7-6-14(20)8-16(15)21)19-13-9-17(2,3)11-18(4,5)10-13/h6-8,12-13,19-21H,9-11H2,1-5H3. The number of benzene rings is 1. The molecule has 118 valence electrons. The van der Waals surface area contributed by atoms with E-state index in [0.29, 0.717) is 16.9 Å². The highest BCUT2D eigenvalue weighted by molar-refractivity contribution is 5.40. The molecule has 2 rings (SSSR count). The number of hydrogen-bond acceptors (Lipinski definition) is 3. The molecule has 1 fully saturated rings. The summed E-state index contributed by atoms with van der Waals surface area (Å²) in [6, 6.07) is 5.35. The second-order valence-corrected chi connectivity index (χ2v) is 8.24. The summed E-state index contributed by atoms with van der Waals surface area (Å²) in [6.45, 7) is 11.4. The minimum absolute atomic E-state index is 0.0697. The zero-order valence-electron chi connectivity index (χ0n) is 13.9. The fourth-order valence-corrected chi connectivity index (χ4v) is 4.31. The van der Waals surface area contributed by atoms with Gasteiger partial charge in [-0.05, 0) is 43.1 Å². The molecule has 0 spiro atoms. The largest absolute Gasteiger partial charge is 0.508 e. The quantitative estimate of drug-likeness (QED) is 0.776. The summed E-state index contributed by atoms with van der Waals surface area (Å²) in [5.74, 6) is 0.257. The lowest BCUT2D eigenvalue weighted by molar-refractivity contribution is 0.0810. The molecule has 0 radical (unpaired) electrons. The maximum absolute atomic E-state index is 10.00. The molecular formula is C18H29NO2. The van der Waals surface area contributed by atoms with Crippen molar-refractivity contribution in [3.8, 4) is 11.5 Å². The fraction of sp³-hybridized carbons (Fsp3) is 0.667. The van der Waals surface area contributed by atoms with E-state index < -0.39 is 0 Å². The molecule has 1 aromatic rings. The average molecular weight is 291 g/mol. The molecule has 3 nitrogen and oxygen atoms in total. The monoisotopic (exact) mass is 291 g/mol. The second-order valence-electron chi connectivity index (χ2n) is 8.24. The van der Waals surface area contributed by atoms with Crippen molar-refractivity contribution in [2.75, 3.05) is 0 Å². The van der Waals surface area contributed by atoms with Gasteiger partial charge in [0.1, 0.15) is 11.5 Å². The van der Waals surface area contributed by atoms with Crippen LogP contribution in [0.1, 0.15) is 65.5 Å². The molecule has 1 aliphatic carbocycles. The molecule has 0 aromatic heterocycles. The average Bonchev–Trinajstić information content (AvgIpc) is 2.23. The Labute approximate surface area is 128 Å². The first-order valence-corrected chi connectivity index (χ1v) is 7.86. The van der Waals surface area contributed by atoms with Crippen LogP contribution in [0.2, 0.25) is 0 Å². The highest BCUT2D eigenvalue weighted by atomic mass is 16.3. The van der Waals surface area contributed by atoms with Crippen LogP contribution in [-0.4, -0.2) is 16.3 Å². The Morgan fingerprint density at radius 2 is 1.67 bits per heavy atom. The van der Waals surface area contributed by atoms with E-state index in [-0.39, 0.29) is 17.5 Å². The highest BCUT2D eigenvalue weighted by Crippen LogP contribution is 2.46. The molecule has 21 heavy (non-hydrogen) atoms. The van der Waals surface area contributed by atoms with Gasteiger partial charge in [0, 0.05) is 23.7 Å². The maximum Gasteiger partial charge on any atom is 0.124 e. The number of aromatic hydroxyl groups is 2. The fourth-order valence-electron chi connectivity index (χ4n) is 4.31. The SMILES string of the molecule is CC(NC1CC(C)(C)CC(C)(C)C1)c1ccc(O)cc1O. The van der Waals surface area contributed by atoms with Crippen molar-refractivity contribution < 1.29 is 10.2 Å². The van der Waals surface area contributed by atoms with Crippen LogP contribution in [0, 0.1) is 10.8 Å². The number of hydrogen-bond donors (Lipinski definition) is 3. The molecule has 3 N–H and O–H groups in total. The van der Waals surface area contributed by atoms with Crippen LogP contribution in [0.3, 0.4) is 0 Å². The third-order valence-electron chi connectivity index (χ3n) is 4.52. The van der Waals surface area contributed by atoms with E-state index >= 15 is 0 Å². The van der Waals surface area contributed by atoms with Crippen molar-refractivity contribution in [2.24, 2.45) is 10.8 Å². The molecule has 0 saturated heterocycles. The third kappa shape index (κ3) is 4.13. The summed E-state index contributed by atoms with van der Waals surface area (Å²) in [5, 5.41) is 23.1. The molecule has 0 amide bonds. The molecular weight excluding hydrogens is 262 g/mol. The molecule has 1 saturated carbocycles. The van der Waals surface area contributed by atoms with Crippen molar-refractivity contribution in [1.29, 1.82) is 0 Å². The molecule has 1 unspecified atom stereocenters. The number of nitrogens with one attached hydrogen (secondary N) is 1. The summed E-state index contributed by atoms with van der Waals surface area (Å²) < 4.78 is 0. The van der Waals surface area contributed by atoms with Crippen molar-refractivity contribution in [3.63, 3.8) is 0 Å². The van der Waals surface area contributed by atoms with Crippen molar-refractivity contribution in [1.82, 2.24) is 5.32 Å². The Morgan fingerprint density at radius 3 is 2.19 bits per heavy atom. The van der Waals surface area contributed by atoms with Crippen LogP contribution < -0.4 is 5.32 Å². The first-order chi connectivity index (χ1) is 9.58. The Hall–Kier alpha value is -1.22. The van der Waals surface area contributed by atoms with Gasteiger partial charge in [-0.1, -0.05) is 33.8 Å². The van der Waals surface area contributed by atoms with E-state index in [4.69, 9.17) is 0 Å². The summed E-state index contributed by atoms with van der Waals surface area (Å²) in [5.41, 5.74) is 1.53. The minimum atomic E-state index is 0.0697. The number of phenolic OH excluding ortho intramolecular Hbond substituents is 2. The lowest BCUT2D eigenvalue weighted by atomic mass is 9.63. The van der Waals surface area contributed by atoms with E-state index in [1.54, 1.807) is 12.1 Å². The van der Waals surface area contributed by atoms with Crippen LogP contribution in [0.4, 0.5) is 0 Å². The van der Waals surface area contributed by atoms with Gasteiger partial charge < -0.3 is 15.5 Å². The lowest BCUT2D eigenvalue weighted by Crippen LogP contribution is -2.44. The maximum atomic E-state index is 10.00. The zero-order valence-corrected chi connectivity index (χ0v) is 13.9. The Balaban J connectivity index is 2.10. The minimum Gasteiger partial charge on any atom is -0.508 e. The second kappa shape index (κ2) is 5.53. The van der Waals surface area contributed by atoms with Crippen molar-refractivity contribution in [3.05, 3.63) is 23.8 Å². The van der Waals surface area contributed by atoms with Crippen molar-refractivity contribution >= 4 is 0 Å². The molecule has 3 heteroatoms. The predicted molar refractivity (Wildman–Crippen MR) is 86.5 cm³/mol. The molecule has 0 heterocycles. The Morgan fingerprint density at radius 1 is 1.10 bits per heavy atom. The molecule has 0 aliphatic heterocycles. The normalized spacial score (nSPS) is 22.9. The topological polar surface area (TPSA) is 52.5 Å². The van der Waals surface area contributed by atoms with E-state index in [1.165, 1.54) is 12.5 Å². The van der Waals surface area contributed by atoms with Gasteiger partial charge in [-0.2, -0.15) is 0 Å². The summed E-state index contributed by atoms with van der Waals surface area (Å²) >= 11 is 0. The zero-order chi connectivity index (χ0) is 15.8. The molecule has 1 aliphatic rings. The lowest BCUT2D eigenvalue weighted by Gasteiger charge is -2.46. The van der Waals surface area contributed by atoms with Gasteiger partial charge in [0.05, 0.1) is 0 Å². The predicted octanol–water partition coefficient (Wildman–Crippen LogP) is 4.35. The Bertz CT molecular complexity index is 492. The third-order valence-corrected chi connectivity index (χ3v) is 4.52. The highest BCUT2D eigenvalue weighted by Gasteiger charge is 2.38. The van der Waals surface area contributed by atoms with Gasteiger partial charge in [-0.3, -0.25) is 0 Å². The van der Waals surface area contributed by atoms with Crippen LogP contribution >= 0.6 is 0 Å². The van der Waals surface area contributed by atoms with Gasteiger partial charge in [0.25, 0.3) is 0 Å². The first kappa shape index (κ1) is 16.2. The van der Waals surface area contributed by atoms with Crippen LogP contribution in [0.5, 0.6) is 11.5 Å². The van der Waals surface area contributed by atoms with Crippen LogP contribution in [0.25, 0.3) is 0 Å². The van der Waals surface area contributed by atoms with Gasteiger partial charge in [0.15, 0.2) is 0 Å². The summed E-state index contributed by atoms with van der Waals surface area (Å²) in [4.78, 5) is 0. The van der Waals surface area contributed by atoms with E-state index in [9.17, 15) is 10.2 Å². The molecule has 1 atom stereocenters. The first-order valence-electron chi connectivity index (χ1n) is 7.86. The molecule has 0 bridgehead atoms. The van der Waals surface area contributed by atoms with Gasteiger partial charge in [-0.25, -0.2) is 0 Å². The van der Waals surface area contributed by atoms with Gasteiger partial charge >= 0.3 is 0 Å². The number of rotatable bonds is 3. The van der Waals surface area contributed by atoms with E-state index in [2.05, 4.69) is 39.9 Å². The molecule has 1 aromatic carbocycles.